The van der Waals surface area contributed by atoms with Gasteiger partial charge in [-0.25, -0.2) is 10.1 Å². The first-order chi connectivity index (χ1) is 14.5. The number of anilines is 1. The first-order valence-corrected chi connectivity index (χ1v) is 9.57. The van der Waals surface area contributed by atoms with E-state index in [1.54, 1.807) is 19.2 Å². The molecule has 3 aromatic rings. The van der Waals surface area contributed by atoms with Crippen LogP contribution in [0, 0.1) is 0 Å². The molecule has 0 saturated heterocycles. The van der Waals surface area contributed by atoms with Crippen molar-refractivity contribution in [1.29, 1.82) is 0 Å². The molecule has 0 unspecified atom stereocenters. The zero-order valence-corrected chi connectivity index (χ0v) is 18.0. The third-order valence-corrected chi connectivity index (χ3v) is 4.72. The fraction of sp³-hybridized carbons (Fsp3) is 0.294. The molecule has 0 saturated carbocycles. The van der Waals surface area contributed by atoms with Crippen molar-refractivity contribution in [3.63, 3.8) is 0 Å². The topological polar surface area (TPSA) is 156 Å². The Kier molecular flexibility index (Phi) is 6.61. The lowest BCUT2D eigenvalue weighted by molar-refractivity contribution is 0.0949. The predicted octanol–water partition coefficient (Wildman–Crippen LogP) is 1.73. The normalized spacial score (nSPS) is 11.1. The molecule has 0 radical (unpaired) electrons. The fourth-order valence-electron chi connectivity index (χ4n) is 2.63. The van der Waals surface area contributed by atoms with Crippen LogP contribution >= 0.6 is 15.9 Å². The van der Waals surface area contributed by atoms with Gasteiger partial charge in [0, 0.05) is 10.0 Å². The first kappa shape index (κ1) is 21.2. The van der Waals surface area contributed by atoms with Gasteiger partial charge in [0.25, 0.3) is 5.91 Å². The van der Waals surface area contributed by atoms with E-state index in [2.05, 4.69) is 51.7 Å². The van der Waals surface area contributed by atoms with E-state index in [-0.39, 0.29) is 17.3 Å². The van der Waals surface area contributed by atoms with Crippen molar-refractivity contribution in [2.24, 2.45) is 5.10 Å². The number of hydrazone groups is 1. The second-order valence-corrected chi connectivity index (χ2v) is 6.80. The number of ether oxygens (including phenoxy) is 2. The molecule has 0 aliphatic rings. The molecule has 3 N–H and O–H groups in total. The van der Waals surface area contributed by atoms with E-state index in [4.69, 9.17) is 15.2 Å². The summed E-state index contributed by atoms with van der Waals surface area (Å²) in [5.41, 5.74) is 9.45. The maximum Gasteiger partial charge on any atom is 0.293 e. The number of hydrogen-bond acceptors (Lipinski definition) is 10. The number of nitrogen functional groups attached to an aromatic ring is 1. The van der Waals surface area contributed by atoms with E-state index >= 15 is 0 Å². The molecule has 1 amide bonds. The van der Waals surface area contributed by atoms with Crippen LogP contribution in [0.2, 0.25) is 0 Å². The maximum atomic E-state index is 12.6. The largest absolute Gasteiger partial charge is 0.493 e. The van der Waals surface area contributed by atoms with Crippen molar-refractivity contribution in [3.05, 3.63) is 33.6 Å². The van der Waals surface area contributed by atoms with Gasteiger partial charge in [-0.2, -0.15) is 9.78 Å². The standard InChI is InChI=1S/C17H19BrN8O4/c1-4-5-11-14(21-25-26(11)16-15(19)23-30-24-16)17(27)22-20-8-9-6-12(28-2)13(29-3)7-10(9)18/h6-8H,4-5H2,1-3H3,(H2,19,23)(H,22,27). The third kappa shape index (κ3) is 4.25. The fourth-order valence-corrected chi connectivity index (χ4v) is 3.05. The van der Waals surface area contributed by atoms with E-state index in [0.717, 1.165) is 6.42 Å². The number of nitrogens with two attached hydrogens (primary N) is 1. The Morgan fingerprint density at radius 1 is 1.33 bits per heavy atom. The molecule has 13 heteroatoms. The average molecular weight is 479 g/mol. The summed E-state index contributed by atoms with van der Waals surface area (Å²) < 4.78 is 17.2. The van der Waals surface area contributed by atoms with Gasteiger partial charge in [-0.1, -0.05) is 18.6 Å². The van der Waals surface area contributed by atoms with Crippen LogP contribution in [-0.2, 0) is 6.42 Å². The number of carbonyl (C=O) groups excluding carboxylic acids is 1. The zero-order chi connectivity index (χ0) is 21.7. The Hall–Kier alpha value is -3.48. The predicted molar refractivity (Wildman–Crippen MR) is 110 cm³/mol. The zero-order valence-electron chi connectivity index (χ0n) is 16.4. The lowest BCUT2D eigenvalue weighted by atomic mass is 10.2. The van der Waals surface area contributed by atoms with Crippen molar-refractivity contribution in [1.82, 2.24) is 30.7 Å². The van der Waals surface area contributed by atoms with Crippen LogP contribution in [0.1, 0.15) is 35.1 Å². The van der Waals surface area contributed by atoms with Crippen molar-refractivity contribution in [2.45, 2.75) is 19.8 Å². The second kappa shape index (κ2) is 9.35. The lowest BCUT2D eigenvalue weighted by Gasteiger charge is -2.09. The SMILES string of the molecule is CCCc1c(C(=O)NN=Cc2cc(OC)c(OC)cc2Br)nnn1-c1nonc1N. The molecule has 0 fully saturated rings. The maximum absolute atomic E-state index is 12.6. The van der Waals surface area contributed by atoms with Gasteiger partial charge in [0.05, 0.1) is 26.1 Å². The summed E-state index contributed by atoms with van der Waals surface area (Å²) in [4.78, 5) is 12.6. The van der Waals surface area contributed by atoms with Crippen LogP contribution < -0.4 is 20.6 Å². The summed E-state index contributed by atoms with van der Waals surface area (Å²) in [6.45, 7) is 1.95. The molecule has 0 atom stereocenters. The molecule has 158 valence electrons. The molecule has 2 aromatic heterocycles. The number of rotatable bonds is 8. The molecular weight excluding hydrogens is 460 g/mol. The number of nitrogens with one attached hydrogen (secondary N) is 1. The van der Waals surface area contributed by atoms with Crippen LogP contribution in [0.5, 0.6) is 11.5 Å². The monoisotopic (exact) mass is 478 g/mol. The number of aromatic nitrogens is 5. The summed E-state index contributed by atoms with van der Waals surface area (Å²) in [5, 5.41) is 19.1. The van der Waals surface area contributed by atoms with E-state index in [1.165, 1.54) is 18.0 Å². The second-order valence-electron chi connectivity index (χ2n) is 5.95. The van der Waals surface area contributed by atoms with E-state index < -0.39 is 5.91 Å². The quantitative estimate of drug-likeness (QED) is 0.363. The van der Waals surface area contributed by atoms with Gasteiger partial charge in [-0.05, 0) is 44.8 Å². The van der Waals surface area contributed by atoms with Gasteiger partial charge in [0.2, 0.25) is 11.6 Å². The molecule has 0 bridgehead atoms. The highest BCUT2D eigenvalue weighted by Gasteiger charge is 2.23. The van der Waals surface area contributed by atoms with Gasteiger partial charge in [-0.3, -0.25) is 4.79 Å². The molecule has 12 nitrogen and oxygen atoms in total. The number of nitrogens with zero attached hydrogens (tertiary/aromatic N) is 6. The molecule has 0 aliphatic heterocycles. The van der Waals surface area contributed by atoms with E-state index in [1.807, 2.05) is 6.92 Å². The molecule has 1 aromatic carbocycles. The highest BCUT2D eigenvalue weighted by Crippen LogP contribution is 2.32. The summed E-state index contributed by atoms with van der Waals surface area (Å²) in [7, 11) is 3.08. The van der Waals surface area contributed by atoms with Crippen LogP contribution in [0.25, 0.3) is 5.82 Å². The van der Waals surface area contributed by atoms with Crippen LogP contribution in [0.3, 0.4) is 0 Å². The average Bonchev–Trinajstić information content (AvgIpc) is 3.34. The van der Waals surface area contributed by atoms with Gasteiger partial charge in [-0.15, -0.1) is 5.10 Å². The van der Waals surface area contributed by atoms with E-state index in [9.17, 15) is 4.79 Å². The minimum absolute atomic E-state index is 0.0422. The Morgan fingerprint density at radius 3 is 2.70 bits per heavy atom. The lowest BCUT2D eigenvalue weighted by Crippen LogP contribution is -2.20. The van der Waals surface area contributed by atoms with Gasteiger partial charge in [0.15, 0.2) is 17.2 Å². The number of benzene rings is 1. The molecule has 3 rings (SSSR count). The van der Waals surface area contributed by atoms with Gasteiger partial charge in [0.1, 0.15) is 0 Å². The number of methoxy groups -OCH3 is 2. The van der Waals surface area contributed by atoms with Crippen molar-refractivity contribution >= 4 is 33.9 Å². The van der Waals surface area contributed by atoms with Crippen molar-refractivity contribution in [2.75, 3.05) is 20.0 Å². The molecular formula is C17H19BrN8O4. The van der Waals surface area contributed by atoms with Gasteiger partial charge >= 0.3 is 0 Å². The Morgan fingerprint density at radius 2 is 2.07 bits per heavy atom. The van der Waals surface area contributed by atoms with Gasteiger partial charge < -0.3 is 15.2 Å². The molecule has 0 aliphatic carbocycles. The smallest absolute Gasteiger partial charge is 0.293 e. The van der Waals surface area contributed by atoms with Crippen LogP contribution in [0.15, 0.2) is 26.3 Å². The minimum Gasteiger partial charge on any atom is -0.493 e. The summed E-state index contributed by atoms with van der Waals surface area (Å²) >= 11 is 3.43. The Bertz CT molecular complexity index is 1080. The molecule has 30 heavy (non-hydrogen) atoms. The van der Waals surface area contributed by atoms with Crippen molar-refractivity contribution < 1.29 is 18.9 Å². The summed E-state index contributed by atoms with van der Waals surface area (Å²) in [6.07, 6.45) is 2.71. The minimum atomic E-state index is -0.535. The number of halogens is 1. The highest BCUT2D eigenvalue weighted by atomic mass is 79.9. The molecule has 0 spiro atoms. The third-order valence-electron chi connectivity index (χ3n) is 4.03. The van der Waals surface area contributed by atoms with Crippen LogP contribution in [-0.4, -0.2) is 51.6 Å². The number of hydrogen-bond donors (Lipinski definition) is 2. The Balaban J connectivity index is 1.82. The van der Waals surface area contributed by atoms with Crippen molar-refractivity contribution in [3.8, 4) is 17.3 Å². The summed E-state index contributed by atoms with van der Waals surface area (Å²) in [5.74, 6) is 0.768. The first-order valence-electron chi connectivity index (χ1n) is 8.78. The number of amides is 1. The Labute approximate surface area is 179 Å². The number of carbonyl (C=O) groups is 1. The molecule has 2 heterocycles. The van der Waals surface area contributed by atoms with Crippen LogP contribution in [0.4, 0.5) is 5.82 Å². The highest BCUT2D eigenvalue weighted by molar-refractivity contribution is 9.10. The van der Waals surface area contributed by atoms with E-state index in [0.29, 0.717) is 33.6 Å². The summed E-state index contributed by atoms with van der Waals surface area (Å²) in [6, 6.07) is 3.46.